The summed E-state index contributed by atoms with van der Waals surface area (Å²) < 4.78 is 0. The van der Waals surface area contributed by atoms with Crippen molar-refractivity contribution in [2.45, 2.75) is 32.1 Å². The number of anilines is 1. The number of aromatic nitrogens is 2. The van der Waals surface area contributed by atoms with Crippen LogP contribution in [0.25, 0.3) is 21.8 Å². The van der Waals surface area contributed by atoms with Crippen LogP contribution < -0.4 is 10.6 Å². The maximum Gasteiger partial charge on any atom is 0.319 e. The average Bonchev–Trinajstić information content (AvgIpc) is 2.69. The highest BCUT2D eigenvalue weighted by Gasteiger charge is 2.11. The van der Waals surface area contributed by atoms with Crippen LogP contribution in [0.1, 0.15) is 32.1 Å². The van der Waals surface area contributed by atoms with Gasteiger partial charge in [0.2, 0.25) is 0 Å². The summed E-state index contributed by atoms with van der Waals surface area (Å²) >= 11 is 0. The molecule has 2 aromatic heterocycles. The number of carbonyl (C=O) groups excluding carboxylic acids is 1. The van der Waals surface area contributed by atoms with Crippen molar-refractivity contribution < 1.29 is 4.79 Å². The molecular formula is C21H22N4O. The fourth-order valence-corrected chi connectivity index (χ4v) is 3.51. The highest BCUT2D eigenvalue weighted by molar-refractivity contribution is 6.11. The van der Waals surface area contributed by atoms with Crippen molar-refractivity contribution in [1.29, 1.82) is 0 Å². The van der Waals surface area contributed by atoms with E-state index < -0.39 is 0 Å². The van der Waals surface area contributed by atoms with Crippen molar-refractivity contribution in [2.24, 2.45) is 0 Å². The Hall–Kier alpha value is -2.95. The van der Waals surface area contributed by atoms with Gasteiger partial charge in [-0.1, -0.05) is 17.7 Å². The minimum atomic E-state index is -0.185. The third-order valence-electron chi connectivity index (χ3n) is 4.83. The predicted octanol–water partition coefficient (Wildman–Crippen LogP) is 4.80. The van der Waals surface area contributed by atoms with Crippen molar-refractivity contribution in [1.82, 2.24) is 15.3 Å². The topological polar surface area (TPSA) is 66.9 Å². The Kier molecular flexibility index (Phi) is 4.78. The minimum Gasteiger partial charge on any atom is -0.338 e. The number of benzene rings is 1. The summed E-state index contributed by atoms with van der Waals surface area (Å²) in [5, 5.41) is 7.79. The van der Waals surface area contributed by atoms with Gasteiger partial charge in [-0.15, -0.1) is 0 Å². The molecule has 5 nitrogen and oxygen atoms in total. The molecule has 2 heterocycles. The first-order valence-corrected chi connectivity index (χ1v) is 9.16. The van der Waals surface area contributed by atoms with E-state index in [4.69, 9.17) is 0 Å². The van der Waals surface area contributed by atoms with Crippen LogP contribution in [0.5, 0.6) is 0 Å². The third-order valence-corrected chi connectivity index (χ3v) is 4.83. The zero-order chi connectivity index (χ0) is 17.8. The van der Waals surface area contributed by atoms with E-state index in [1.807, 2.05) is 30.3 Å². The van der Waals surface area contributed by atoms with Gasteiger partial charge in [-0.3, -0.25) is 9.97 Å². The van der Waals surface area contributed by atoms with Crippen molar-refractivity contribution in [3.63, 3.8) is 0 Å². The van der Waals surface area contributed by atoms with Gasteiger partial charge < -0.3 is 10.6 Å². The molecule has 132 valence electrons. The molecule has 0 saturated heterocycles. The van der Waals surface area contributed by atoms with Gasteiger partial charge in [-0.05, 0) is 56.4 Å². The number of pyridine rings is 2. The zero-order valence-corrected chi connectivity index (χ0v) is 14.7. The summed E-state index contributed by atoms with van der Waals surface area (Å²) in [5.41, 5.74) is 3.86. The smallest absolute Gasteiger partial charge is 0.319 e. The molecule has 0 aliphatic heterocycles. The number of hydrogen-bond donors (Lipinski definition) is 2. The Balaban J connectivity index is 1.50. The van der Waals surface area contributed by atoms with E-state index in [1.54, 1.807) is 12.4 Å². The van der Waals surface area contributed by atoms with Gasteiger partial charge in [0.1, 0.15) is 0 Å². The van der Waals surface area contributed by atoms with Crippen molar-refractivity contribution in [3.8, 4) is 0 Å². The SMILES string of the molecule is O=C(NCCC1=CCCCC1)Nc1cc2cccnc2c2ncccc12. The molecule has 26 heavy (non-hydrogen) atoms. The largest absolute Gasteiger partial charge is 0.338 e. The lowest BCUT2D eigenvalue weighted by atomic mass is 9.97. The minimum absolute atomic E-state index is 0.185. The molecule has 0 unspecified atom stereocenters. The van der Waals surface area contributed by atoms with E-state index in [9.17, 15) is 4.79 Å². The second-order valence-corrected chi connectivity index (χ2v) is 6.64. The monoisotopic (exact) mass is 346 g/mol. The summed E-state index contributed by atoms with van der Waals surface area (Å²) in [6, 6.07) is 9.47. The first-order chi connectivity index (χ1) is 12.8. The molecule has 0 fully saturated rings. The number of allylic oxidation sites excluding steroid dienone is 1. The summed E-state index contributed by atoms with van der Waals surface area (Å²) in [7, 11) is 0. The maximum atomic E-state index is 12.4. The number of fused-ring (bicyclic) bond motifs is 3. The number of nitrogens with one attached hydrogen (secondary N) is 2. The van der Waals surface area contributed by atoms with Crippen molar-refractivity contribution >= 4 is 33.5 Å². The van der Waals surface area contributed by atoms with Crippen LogP contribution in [-0.2, 0) is 0 Å². The van der Waals surface area contributed by atoms with Crippen LogP contribution >= 0.6 is 0 Å². The summed E-state index contributed by atoms with van der Waals surface area (Å²) in [5.74, 6) is 0. The standard InChI is InChI=1S/C21H22N4O/c26-21(24-13-10-15-6-2-1-3-7-15)25-18-14-16-8-4-11-22-19(16)20-17(18)9-5-12-23-20/h4-6,8-9,11-12,14H,1-3,7,10,13H2,(H2,24,25,26). The molecule has 1 aliphatic rings. The number of urea groups is 1. The fourth-order valence-electron chi connectivity index (χ4n) is 3.51. The lowest BCUT2D eigenvalue weighted by Crippen LogP contribution is -2.29. The second-order valence-electron chi connectivity index (χ2n) is 6.64. The molecule has 0 saturated carbocycles. The molecule has 1 aliphatic carbocycles. The van der Waals surface area contributed by atoms with Gasteiger partial charge in [0.15, 0.2) is 0 Å². The molecule has 0 radical (unpaired) electrons. The van der Waals surface area contributed by atoms with Crippen LogP contribution in [0.3, 0.4) is 0 Å². The number of carbonyl (C=O) groups is 1. The molecule has 0 spiro atoms. The van der Waals surface area contributed by atoms with E-state index in [1.165, 1.54) is 24.8 Å². The van der Waals surface area contributed by atoms with E-state index in [2.05, 4.69) is 26.7 Å². The third kappa shape index (κ3) is 3.52. The van der Waals surface area contributed by atoms with Crippen LogP contribution in [0.2, 0.25) is 0 Å². The molecule has 0 atom stereocenters. The zero-order valence-electron chi connectivity index (χ0n) is 14.7. The van der Waals surface area contributed by atoms with E-state index in [-0.39, 0.29) is 6.03 Å². The highest BCUT2D eigenvalue weighted by Crippen LogP contribution is 2.29. The molecule has 1 aromatic carbocycles. The lowest BCUT2D eigenvalue weighted by Gasteiger charge is -2.14. The van der Waals surface area contributed by atoms with Crippen molar-refractivity contribution in [3.05, 3.63) is 54.4 Å². The average molecular weight is 346 g/mol. The summed E-state index contributed by atoms with van der Waals surface area (Å²) in [6.45, 7) is 0.656. The Morgan fingerprint density at radius 1 is 1.08 bits per heavy atom. The van der Waals surface area contributed by atoms with Crippen LogP contribution in [0.15, 0.2) is 54.4 Å². The number of nitrogens with zero attached hydrogens (tertiary/aromatic N) is 2. The van der Waals surface area contributed by atoms with Crippen molar-refractivity contribution in [2.75, 3.05) is 11.9 Å². The number of hydrogen-bond acceptors (Lipinski definition) is 3. The first kappa shape index (κ1) is 16.5. The summed E-state index contributed by atoms with van der Waals surface area (Å²) in [4.78, 5) is 21.2. The Morgan fingerprint density at radius 3 is 2.77 bits per heavy atom. The molecule has 0 bridgehead atoms. The molecule has 2 N–H and O–H groups in total. The van der Waals surface area contributed by atoms with Crippen LogP contribution in [-0.4, -0.2) is 22.5 Å². The van der Waals surface area contributed by atoms with Gasteiger partial charge >= 0.3 is 6.03 Å². The quantitative estimate of drug-likeness (QED) is 0.527. The number of amides is 2. The Bertz CT molecular complexity index is 980. The van der Waals surface area contributed by atoms with Crippen LogP contribution in [0.4, 0.5) is 10.5 Å². The van der Waals surface area contributed by atoms with Gasteiger partial charge in [0, 0.05) is 29.7 Å². The molecule has 4 rings (SSSR count). The highest BCUT2D eigenvalue weighted by atomic mass is 16.2. The van der Waals surface area contributed by atoms with Gasteiger partial charge in [0.05, 0.1) is 16.7 Å². The maximum absolute atomic E-state index is 12.4. The summed E-state index contributed by atoms with van der Waals surface area (Å²) in [6.07, 6.45) is 11.6. The first-order valence-electron chi connectivity index (χ1n) is 9.16. The van der Waals surface area contributed by atoms with Gasteiger partial charge in [-0.2, -0.15) is 0 Å². The normalized spacial score (nSPS) is 14.2. The van der Waals surface area contributed by atoms with E-state index in [0.717, 1.165) is 40.3 Å². The van der Waals surface area contributed by atoms with Gasteiger partial charge in [-0.25, -0.2) is 4.79 Å². The lowest BCUT2D eigenvalue weighted by molar-refractivity contribution is 0.252. The van der Waals surface area contributed by atoms with Gasteiger partial charge in [0.25, 0.3) is 0 Å². The van der Waals surface area contributed by atoms with Crippen LogP contribution in [0, 0.1) is 0 Å². The Morgan fingerprint density at radius 2 is 1.92 bits per heavy atom. The second kappa shape index (κ2) is 7.52. The van der Waals surface area contributed by atoms with E-state index in [0.29, 0.717) is 6.54 Å². The molecule has 3 aromatic rings. The molecular weight excluding hydrogens is 324 g/mol. The number of rotatable bonds is 4. The fraction of sp³-hybridized carbons (Fsp3) is 0.286. The predicted molar refractivity (Wildman–Crippen MR) is 105 cm³/mol. The Labute approximate surface area is 152 Å². The molecule has 2 amide bonds. The molecule has 5 heteroatoms. The van der Waals surface area contributed by atoms with E-state index >= 15 is 0 Å².